The molecule has 1 saturated carbocycles. The van der Waals surface area contributed by atoms with Gasteiger partial charge in [-0.1, -0.05) is 49.4 Å². The number of imide groups is 1. The summed E-state index contributed by atoms with van der Waals surface area (Å²) in [5.74, 6) is 0.369. The first-order valence-electron chi connectivity index (χ1n) is 11.1. The largest absolute Gasteiger partial charge is 0.367 e. The van der Waals surface area contributed by atoms with Crippen molar-refractivity contribution in [2.75, 3.05) is 11.4 Å². The van der Waals surface area contributed by atoms with Crippen LogP contribution in [0.25, 0.3) is 0 Å². The number of carbonyl (C=O) groups excluding carboxylic acids is 2. The van der Waals surface area contributed by atoms with Gasteiger partial charge in [-0.05, 0) is 61.8 Å². The van der Waals surface area contributed by atoms with Crippen molar-refractivity contribution in [3.63, 3.8) is 0 Å². The van der Waals surface area contributed by atoms with E-state index in [9.17, 15) is 9.59 Å². The highest BCUT2D eigenvalue weighted by molar-refractivity contribution is 6.07. The van der Waals surface area contributed by atoms with Crippen LogP contribution in [0, 0.1) is 5.92 Å². The van der Waals surface area contributed by atoms with Crippen molar-refractivity contribution in [1.29, 1.82) is 0 Å². The lowest BCUT2D eigenvalue weighted by Crippen LogP contribution is -2.49. The van der Waals surface area contributed by atoms with E-state index in [1.165, 1.54) is 5.56 Å². The average Bonchev–Trinajstić information content (AvgIpc) is 3.03. The highest BCUT2D eigenvalue weighted by Gasteiger charge is 2.52. The SMILES string of the molecule is CCN(Cc1ccccc1)c1ccc(/C=N\N2C(=O)NC3(CCC(C)CC3)C2=O)cc1. The summed E-state index contributed by atoms with van der Waals surface area (Å²) in [6, 6.07) is 18.0. The fraction of sp³-hybridized carbons (Fsp3) is 0.400. The van der Waals surface area contributed by atoms with Gasteiger partial charge in [-0.2, -0.15) is 5.10 Å². The molecular formula is C25H30N4O2. The van der Waals surface area contributed by atoms with E-state index in [2.05, 4.69) is 53.4 Å². The molecule has 0 unspecified atom stereocenters. The summed E-state index contributed by atoms with van der Waals surface area (Å²) in [5.41, 5.74) is 2.47. The van der Waals surface area contributed by atoms with Gasteiger partial charge in [0.25, 0.3) is 5.91 Å². The van der Waals surface area contributed by atoms with Crippen LogP contribution in [-0.2, 0) is 11.3 Å². The van der Waals surface area contributed by atoms with E-state index >= 15 is 0 Å². The number of hydrogen-bond donors (Lipinski definition) is 1. The van der Waals surface area contributed by atoms with Gasteiger partial charge in [-0.3, -0.25) is 4.79 Å². The van der Waals surface area contributed by atoms with Crippen LogP contribution in [0.1, 0.15) is 50.7 Å². The summed E-state index contributed by atoms with van der Waals surface area (Å²) >= 11 is 0. The Morgan fingerprint density at radius 3 is 2.42 bits per heavy atom. The number of anilines is 1. The number of hydrazone groups is 1. The molecule has 1 saturated heterocycles. The molecule has 0 atom stereocenters. The summed E-state index contributed by atoms with van der Waals surface area (Å²) in [7, 11) is 0. The normalized spacial score (nSPS) is 23.5. The Kier molecular flexibility index (Phi) is 6.07. The number of urea groups is 1. The second-order valence-corrected chi connectivity index (χ2v) is 8.65. The second-order valence-electron chi connectivity index (χ2n) is 8.65. The van der Waals surface area contributed by atoms with E-state index < -0.39 is 11.6 Å². The third kappa shape index (κ3) is 4.48. The number of amides is 3. The topological polar surface area (TPSA) is 65.0 Å². The minimum atomic E-state index is -0.760. The molecule has 1 heterocycles. The zero-order chi connectivity index (χ0) is 21.8. The molecule has 2 fully saturated rings. The van der Waals surface area contributed by atoms with Crippen LogP contribution >= 0.6 is 0 Å². The van der Waals surface area contributed by atoms with Crippen molar-refractivity contribution in [3.8, 4) is 0 Å². The van der Waals surface area contributed by atoms with Gasteiger partial charge < -0.3 is 10.2 Å². The minimum Gasteiger partial charge on any atom is -0.367 e. The summed E-state index contributed by atoms with van der Waals surface area (Å²) < 4.78 is 0. The van der Waals surface area contributed by atoms with Crippen molar-refractivity contribution >= 4 is 23.8 Å². The van der Waals surface area contributed by atoms with Gasteiger partial charge in [0.1, 0.15) is 5.54 Å². The number of nitrogens with zero attached hydrogens (tertiary/aromatic N) is 3. The molecule has 0 aromatic heterocycles. The monoisotopic (exact) mass is 418 g/mol. The summed E-state index contributed by atoms with van der Waals surface area (Å²) in [6.45, 7) is 6.06. The van der Waals surface area contributed by atoms with E-state index in [-0.39, 0.29) is 5.91 Å². The maximum Gasteiger partial charge on any atom is 0.346 e. The van der Waals surface area contributed by atoms with E-state index in [1.54, 1.807) is 6.21 Å². The number of benzene rings is 2. The molecular weight excluding hydrogens is 388 g/mol. The number of carbonyl (C=O) groups is 2. The predicted molar refractivity (Wildman–Crippen MR) is 123 cm³/mol. The van der Waals surface area contributed by atoms with Gasteiger partial charge in [0, 0.05) is 18.8 Å². The molecule has 2 aromatic rings. The Hall–Kier alpha value is -3.15. The van der Waals surface area contributed by atoms with Crippen LogP contribution in [0.5, 0.6) is 0 Å². The van der Waals surface area contributed by atoms with Crippen LogP contribution < -0.4 is 10.2 Å². The van der Waals surface area contributed by atoms with Crippen LogP contribution in [0.4, 0.5) is 10.5 Å². The quantitative estimate of drug-likeness (QED) is 0.553. The summed E-state index contributed by atoms with van der Waals surface area (Å²) in [4.78, 5) is 27.6. The molecule has 0 bridgehead atoms. The molecule has 1 aliphatic carbocycles. The van der Waals surface area contributed by atoms with Crippen LogP contribution in [0.2, 0.25) is 0 Å². The molecule has 1 spiro atoms. The van der Waals surface area contributed by atoms with Crippen molar-refractivity contribution < 1.29 is 9.59 Å². The Morgan fingerprint density at radius 2 is 1.77 bits per heavy atom. The smallest absolute Gasteiger partial charge is 0.346 e. The molecule has 4 rings (SSSR count). The Balaban J connectivity index is 1.42. The van der Waals surface area contributed by atoms with Gasteiger partial charge in [0.15, 0.2) is 0 Å². The third-order valence-electron chi connectivity index (χ3n) is 6.45. The van der Waals surface area contributed by atoms with Gasteiger partial charge in [-0.15, -0.1) is 5.01 Å². The fourth-order valence-electron chi connectivity index (χ4n) is 4.39. The van der Waals surface area contributed by atoms with Crippen molar-refractivity contribution in [1.82, 2.24) is 10.3 Å². The van der Waals surface area contributed by atoms with E-state index in [1.807, 2.05) is 30.3 Å². The van der Waals surface area contributed by atoms with Gasteiger partial charge in [0.05, 0.1) is 6.21 Å². The predicted octanol–water partition coefficient (Wildman–Crippen LogP) is 4.55. The first-order chi connectivity index (χ1) is 15.0. The Morgan fingerprint density at radius 1 is 1.10 bits per heavy atom. The second kappa shape index (κ2) is 8.92. The number of hydrogen-bond acceptors (Lipinski definition) is 4. The molecule has 1 N–H and O–H groups in total. The average molecular weight is 419 g/mol. The summed E-state index contributed by atoms with van der Waals surface area (Å²) in [5, 5.41) is 8.12. The first kappa shape index (κ1) is 21.1. The molecule has 3 amide bonds. The molecule has 2 aliphatic rings. The Bertz CT molecular complexity index is 947. The van der Waals surface area contributed by atoms with Crippen molar-refractivity contribution in [3.05, 3.63) is 65.7 Å². The van der Waals surface area contributed by atoms with Crippen molar-refractivity contribution in [2.24, 2.45) is 11.0 Å². The maximum absolute atomic E-state index is 12.9. The fourth-order valence-corrected chi connectivity index (χ4v) is 4.39. The standard InChI is InChI=1S/C25H30N4O2/c1-3-28(18-21-7-5-4-6-8-21)22-11-9-20(10-12-22)17-26-29-23(30)25(27-24(29)31)15-13-19(2)14-16-25/h4-12,17,19H,3,13-16,18H2,1-2H3,(H,27,31)/b26-17-. The van der Waals surface area contributed by atoms with Crippen LogP contribution in [0.3, 0.4) is 0 Å². The lowest BCUT2D eigenvalue weighted by atomic mass is 9.77. The van der Waals surface area contributed by atoms with E-state index in [0.717, 1.165) is 42.2 Å². The zero-order valence-electron chi connectivity index (χ0n) is 18.3. The van der Waals surface area contributed by atoms with Gasteiger partial charge in [-0.25, -0.2) is 4.79 Å². The molecule has 31 heavy (non-hydrogen) atoms. The molecule has 6 nitrogen and oxygen atoms in total. The first-order valence-corrected chi connectivity index (χ1v) is 11.1. The lowest BCUT2D eigenvalue weighted by molar-refractivity contribution is -0.132. The number of rotatable bonds is 6. The minimum absolute atomic E-state index is 0.225. The maximum atomic E-state index is 12.9. The van der Waals surface area contributed by atoms with Gasteiger partial charge >= 0.3 is 6.03 Å². The van der Waals surface area contributed by atoms with Crippen molar-refractivity contribution in [2.45, 2.75) is 51.6 Å². The summed E-state index contributed by atoms with van der Waals surface area (Å²) in [6.07, 6.45) is 4.85. The molecule has 162 valence electrons. The van der Waals surface area contributed by atoms with Crippen LogP contribution in [-0.4, -0.2) is 35.2 Å². The lowest BCUT2D eigenvalue weighted by Gasteiger charge is -2.33. The third-order valence-corrected chi connectivity index (χ3v) is 6.45. The van der Waals surface area contributed by atoms with Gasteiger partial charge in [0.2, 0.25) is 0 Å². The zero-order valence-corrected chi connectivity index (χ0v) is 18.3. The molecule has 2 aromatic carbocycles. The molecule has 0 radical (unpaired) electrons. The Labute approximate surface area is 183 Å². The number of nitrogens with one attached hydrogen (secondary N) is 1. The highest BCUT2D eigenvalue weighted by atomic mass is 16.2. The van der Waals surface area contributed by atoms with E-state index in [0.29, 0.717) is 18.8 Å². The highest BCUT2D eigenvalue weighted by Crippen LogP contribution is 2.36. The molecule has 1 aliphatic heterocycles. The van der Waals surface area contributed by atoms with Crippen LogP contribution in [0.15, 0.2) is 59.7 Å². The van der Waals surface area contributed by atoms with E-state index in [4.69, 9.17) is 0 Å². The molecule has 6 heteroatoms.